The van der Waals surface area contributed by atoms with E-state index in [1.807, 2.05) is 0 Å². The maximum Gasteiger partial charge on any atom is 0.193 e. The van der Waals surface area contributed by atoms with Gasteiger partial charge in [-0.25, -0.2) is 0 Å². The molecule has 0 radical (unpaired) electrons. The lowest BCUT2D eigenvalue weighted by Crippen LogP contribution is -2.46. The molecule has 3 heterocycles. The highest BCUT2D eigenvalue weighted by atomic mass is 127. The largest absolute Gasteiger partial charge is 0.379 e. The molecule has 1 aromatic heterocycles. The van der Waals surface area contributed by atoms with Crippen LogP contribution in [-0.4, -0.2) is 95.3 Å². The number of morpholine rings is 1. The van der Waals surface area contributed by atoms with Crippen molar-refractivity contribution in [3.05, 3.63) is 5.82 Å². The molecule has 2 aliphatic heterocycles. The van der Waals surface area contributed by atoms with Gasteiger partial charge < -0.3 is 19.5 Å². The van der Waals surface area contributed by atoms with Crippen LogP contribution in [-0.2, 0) is 17.7 Å². The summed E-state index contributed by atoms with van der Waals surface area (Å²) in [6.07, 6.45) is 5.18. The molecule has 2 saturated heterocycles. The molecule has 1 aromatic rings. The topological polar surface area (TPSA) is 70.8 Å². The fourth-order valence-electron chi connectivity index (χ4n) is 4.23. The highest BCUT2D eigenvalue weighted by Crippen LogP contribution is 2.18. The summed E-state index contributed by atoms with van der Waals surface area (Å²) in [6.45, 7) is 15.3. The van der Waals surface area contributed by atoms with Crippen LogP contribution in [0.3, 0.4) is 0 Å². The molecule has 0 aromatic carbocycles. The van der Waals surface area contributed by atoms with Gasteiger partial charge in [0, 0.05) is 58.3 Å². The van der Waals surface area contributed by atoms with E-state index in [1.54, 1.807) is 11.8 Å². The summed E-state index contributed by atoms with van der Waals surface area (Å²) in [4.78, 5) is 9.94. The van der Waals surface area contributed by atoms with Crippen molar-refractivity contribution in [3.8, 4) is 0 Å². The Labute approximate surface area is 209 Å². The highest BCUT2D eigenvalue weighted by Gasteiger charge is 2.30. The number of hydrogen-bond donors (Lipinski definition) is 1. The SMILES string of the molecule is CCNC(=NCCCc1nnc(SC)n1CC(C)C)N1CCC(N2CCOCC2)C1.I. The average molecular weight is 566 g/mol. The van der Waals surface area contributed by atoms with E-state index in [-0.39, 0.29) is 24.0 Å². The predicted octanol–water partition coefficient (Wildman–Crippen LogP) is 2.58. The molecule has 0 amide bonds. The van der Waals surface area contributed by atoms with Gasteiger partial charge in [0.2, 0.25) is 0 Å². The van der Waals surface area contributed by atoms with Crippen molar-refractivity contribution in [2.24, 2.45) is 10.9 Å². The number of rotatable bonds is 9. The third kappa shape index (κ3) is 7.75. The fraction of sp³-hybridized carbons (Fsp3) is 0.857. The quantitative estimate of drug-likeness (QED) is 0.162. The van der Waals surface area contributed by atoms with Crippen molar-refractivity contribution in [1.82, 2.24) is 29.9 Å². The molecule has 0 spiro atoms. The van der Waals surface area contributed by atoms with E-state index < -0.39 is 0 Å². The molecule has 1 atom stereocenters. The minimum absolute atomic E-state index is 0. The zero-order valence-corrected chi connectivity index (χ0v) is 22.7. The second kappa shape index (κ2) is 13.8. The Bertz CT molecular complexity index is 679. The monoisotopic (exact) mass is 565 g/mol. The molecule has 3 rings (SSSR count). The van der Waals surface area contributed by atoms with Crippen LogP contribution in [0.5, 0.6) is 0 Å². The molecule has 2 fully saturated rings. The van der Waals surface area contributed by atoms with Crippen LogP contribution in [0.4, 0.5) is 0 Å². The molecule has 8 nitrogen and oxygen atoms in total. The van der Waals surface area contributed by atoms with Gasteiger partial charge in [0.05, 0.1) is 13.2 Å². The Balaban J connectivity index is 0.00000341. The highest BCUT2D eigenvalue weighted by molar-refractivity contribution is 14.0. The van der Waals surface area contributed by atoms with Gasteiger partial charge >= 0.3 is 0 Å². The van der Waals surface area contributed by atoms with Gasteiger partial charge in [-0.3, -0.25) is 9.89 Å². The molecule has 0 saturated carbocycles. The van der Waals surface area contributed by atoms with Crippen LogP contribution in [0, 0.1) is 5.92 Å². The van der Waals surface area contributed by atoms with Crippen molar-refractivity contribution < 1.29 is 4.74 Å². The van der Waals surface area contributed by atoms with Gasteiger partial charge in [0.15, 0.2) is 11.1 Å². The summed E-state index contributed by atoms with van der Waals surface area (Å²) in [5.41, 5.74) is 0. The number of aryl methyl sites for hydroxylation is 1. The van der Waals surface area contributed by atoms with Crippen LogP contribution >= 0.6 is 35.7 Å². The number of aromatic nitrogens is 3. The van der Waals surface area contributed by atoms with Crippen LogP contribution in [0.25, 0.3) is 0 Å². The van der Waals surface area contributed by atoms with Crippen molar-refractivity contribution >= 4 is 41.7 Å². The van der Waals surface area contributed by atoms with E-state index >= 15 is 0 Å². The van der Waals surface area contributed by atoms with Gasteiger partial charge in [-0.05, 0) is 31.9 Å². The lowest BCUT2D eigenvalue weighted by molar-refractivity contribution is 0.0195. The second-order valence-corrected chi connectivity index (χ2v) is 9.26. The number of thioether (sulfide) groups is 1. The Kier molecular flexibility index (Phi) is 11.9. The number of halogens is 1. The number of nitrogens with one attached hydrogen (secondary N) is 1. The van der Waals surface area contributed by atoms with Crippen LogP contribution in [0.15, 0.2) is 10.1 Å². The number of hydrogen-bond acceptors (Lipinski definition) is 6. The maximum absolute atomic E-state index is 5.51. The first-order valence-electron chi connectivity index (χ1n) is 11.4. The van der Waals surface area contributed by atoms with E-state index in [0.717, 1.165) is 88.8 Å². The number of likely N-dealkylation sites (tertiary alicyclic amines) is 1. The average Bonchev–Trinajstić information content (AvgIpc) is 3.38. The minimum atomic E-state index is 0. The van der Waals surface area contributed by atoms with Crippen LogP contribution < -0.4 is 5.32 Å². The van der Waals surface area contributed by atoms with Crippen molar-refractivity contribution in [2.75, 3.05) is 58.7 Å². The lowest BCUT2D eigenvalue weighted by Gasteiger charge is -2.32. The molecule has 2 aliphatic rings. The first-order chi connectivity index (χ1) is 14.6. The summed E-state index contributed by atoms with van der Waals surface area (Å²) in [7, 11) is 0. The first kappa shape index (κ1) is 26.7. The van der Waals surface area contributed by atoms with Crippen molar-refractivity contribution in [1.29, 1.82) is 0 Å². The molecule has 1 N–H and O–H groups in total. The van der Waals surface area contributed by atoms with Gasteiger partial charge in [0.25, 0.3) is 0 Å². The Hall–Kier alpha value is -0.590. The second-order valence-electron chi connectivity index (χ2n) is 8.48. The number of nitrogens with zero attached hydrogens (tertiary/aromatic N) is 6. The molecule has 31 heavy (non-hydrogen) atoms. The van der Waals surface area contributed by atoms with Crippen LogP contribution in [0.1, 0.15) is 39.4 Å². The van der Waals surface area contributed by atoms with Crippen molar-refractivity contribution in [2.45, 2.75) is 57.8 Å². The van der Waals surface area contributed by atoms with Gasteiger partial charge in [0.1, 0.15) is 5.82 Å². The van der Waals surface area contributed by atoms with E-state index in [9.17, 15) is 0 Å². The number of ether oxygens (including phenoxy) is 1. The Morgan fingerprint density at radius 2 is 2.03 bits per heavy atom. The maximum atomic E-state index is 5.51. The van der Waals surface area contributed by atoms with Crippen molar-refractivity contribution in [3.63, 3.8) is 0 Å². The predicted molar refractivity (Wildman–Crippen MR) is 139 cm³/mol. The van der Waals surface area contributed by atoms with Gasteiger partial charge in [-0.15, -0.1) is 34.2 Å². The first-order valence-corrected chi connectivity index (χ1v) is 12.7. The summed E-state index contributed by atoms with van der Waals surface area (Å²) < 4.78 is 7.78. The van der Waals surface area contributed by atoms with E-state index in [2.05, 4.69) is 56.9 Å². The van der Waals surface area contributed by atoms with E-state index in [1.165, 1.54) is 6.42 Å². The zero-order chi connectivity index (χ0) is 21.3. The normalized spacial score (nSPS) is 20.4. The standard InChI is InChI=1S/C21H39N7OS.HI/c1-5-22-20(27-10-8-18(16-27)26-11-13-29-14-12-26)23-9-6-7-19-24-25-21(30-4)28(19)15-17(2)3;/h17-18H,5-16H2,1-4H3,(H,22,23);1H. The third-order valence-corrected chi connectivity index (χ3v) is 6.37. The summed E-state index contributed by atoms with van der Waals surface area (Å²) >= 11 is 1.67. The molecule has 0 bridgehead atoms. The van der Waals surface area contributed by atoms with E-state index in [4.69, 9.17) is 9.73 Å². The van der Waals surface area contributed by atoms with Gasteiger partial charge in [-0.2, -0.15) is 0 Å². The molecule has 0 aliphatic carbocycles. The summed E-state index contributed by atoms with van der Waals surface area (Å²) in [6, 6.07) is 0.623. The fourth-order valence-corrected chi connectivity index (χ4v) is 4.75. The smallest absolute Gasteiger partial charge is 0.193 e. The number of aliphatic imine (C=N–C) groups is 1. The molecular weight excluding hydrogens is 525 g/mol. The molecule has 10 heteroatoms. The third-order valence-electron chi connectivity index (χ3n) is 5.70. The Morgan fingerprint density at radius 3 is 2.71 bits per heavy atom. The summed E-state index contributed by atoms with van der Waals surface area (Å²) in [5.74, 6) is 2.72. The lowest BCUT2D eigenvalue weighted by atomic mass is 10.2. The molecule has 1 unspecified atom stereocenters. The minimum Gasteiger partial charge on any atom is -0.379 e. The summed E-state index contributed by atoms with van der Waals surface area (Å²) in [5, 5.41) is 13.3. The zero-order valence-electron chi connectivity index (χ0n) is 19.5. The van der Waals surface area contributed by atoms with Gasteiger partial charge in [-0.1, -0.05) is 25.6 Å². The molecule has 178 valence electrons. The van der Waals surface area contributed by atoms with E-state index in [0.29, 0.717) is 12.0 Å². The molecular formula is C21H40IN7OS. The van der Waals surface area contributed by atoms with Crippen LogP contribution in [0.2, 0.25) is 0 Å². The number of guanidine groups is 1. The Morgan fingerprint density at radius 1 is 1.26 bits per heavy atom.